The molecule has 12 heteroatoms. The van der Waals surface area contributed by atoms with Gasteiger partial charge in [0, 0.05) is 29.8 Å². The fourth-order valence-electron chi connectivity index (χ4n) is 4.45. The normalized spacial score (nSPS) is 22.8. The maximum Gasteiger partial charge on any atom is 0.508 e. The molecule has 0 bridgehead atoms. The number of hydrogen-bond donors (Lipinski definition) is 3. The first kappa shape index (κ1) is 31.6. The summed E-state index contributed by atoms with van der Waals surface area (Å²) in [6, 6.07) is 4.47. The predicted molar refractivity (Wildman–Crippen MR) is 142 cm³/mol. The molecule has 0 spiro atoms. The zero-order chi connectivity index (χ0) is 29.4. The molecule has 0 amide bonds. The van der Waals surface area contributed by atoms with Crippen molar-refractivity contribution in [3.63, 3.8) is 0 Å². The first-order valence-corrected chi connectivity index (χ1v) is 13.6. The highest BCUT2D eigenvalue weighted by atomic mass is 19.1. The van der Waals surface area contributed by atoms with E-state index in [4.69, 9.17) is 23.7 Å². The second-order valence-corrected chi connectivity index (χ2v) is 10.1. The molecule has 1 aliphatic rings. The van der Waals surface area contributed by atoms with Gasteiger partial charge in [0.2, 0.25) is 12.2 Å². The summed E-state index contributed by atoms with van der Waals surface area (Å²) in [6.07, 6.45) is -4.64. The third-order valence-corrected chi connectivity index (χ3v) is 6.83. The van der Waals surface area contributed by atoms with Gasteiger partial charge < -0.3 is 39.0 Å². The van der Waals surface area contributed by atoms with E-state index >= 15 is 0 Å². The van der Waals surface area contributed by atoms with Gasteiger partial charge >= 0.3 is 6.16 Å². The van der Waals surface area contributed by atoms with Gasteiger partial charge in [0.05, 0.1) is 13.7 Å². The first-order chi connectivity index (χ1) is 19.1. The molecular formula is C28H41FN2O9. The Bertz CT molecular complexity index is 1110. The number of hydrogen-bond acceptors (Lipinski definition) is 10. The first-order valence-electron chi connectivity index (χ1n) is 13.6. The molecule has 0 saturated carbocycles. The molecule has 1 aliphatic heterocycles. The van der Waals surface area contributed by atoms with Crippen LogP contribution in [0.4, 0.5) is 9.18 Å². The second kappa shape index (κ2) is 14.6. The lowest BCUT2D eigenvalue weighted by molar-refractivity contribution is -0.278. The molecule has 0 radical (unpaired) electrons. The van der Waals surface area contributed by atoms with E-state index in [1.165, 1.54) is 13.2 Å². The van der Waals surface area contributed by atoms with Crippen LogP contribution in [-0.2, 0) is 20.6 Å². The standard InChI is InChI=1S/C28H41FN2O9/c1-6-7-8-9-12-37-28(35)38-15-22-23(32)24(33)25(34)27(39-22)40-26-20(17(4)31(30-26)16(2)3)13-18-10-11-19(36-5)14-21(18)29/h10-11,14,16,22-25,27,32-34H,6-9,12-13,15H2,1-5H3/t22?,23-,24+,25-,27+/m1/s1. The molecule has 5 atom stereocenters. The third-order valence-electron chi connectivity index (χ3n) is 6.83. The van der Waals surface area contributed by atoms with Crippen LogP contribution < -0.4 is 9.47 Å². The molecule has 1 aromatic heterocycles. The average Bonchev–Trinajstić information content (AvgIpc) is 3.23. The topological polar surface area (TPSA) is 142 Å². The highest BCUT2D eigenvalue weighted by Gasteiger charge is 2.46. The third kappa shape index (κ3) is 7.84. The zero-order valence-electron chi connectivity index (χ0n) is 23.7. The summed E-state index contributed by atoms with van der Waals surface area (Å²) in [6.45, 7) is 7.49. The molecule has 224 valence electrons. The molecule has 40 heavy (non-hydrogen) atoms. The lowest BCUT2D eigenvalue weighted by Crippen LogP contribution is -2.60. The van der Waals surface area contributed by atoms with Gasteiger partial charge in [0.25, 0.3) is 0 Å². The average molecular weight is 569 g/mol. The molecule has 11 nitrogen and oxygen atoms in total. The van der Waals surface area contributed by atoms with Gasteiger partial charge in [-0.05, 0) is 38.8 Å². The summed E-state index contributed by atoms with van der Waals surface area (Å²) in [5, 5.41) is 36.0. The molecule has 1 saturated heterocycles. The molecule has 1 fully saturated rings. The number of aromatic nitrogens is 2. The number of nitrogens with zero attached hydrogens (tertiary/aromatic N) is 2. The minimum Gasteiger partial charge on any atom is -0.497 e. The monoisotopic (exact) mass is 568 g/mol. The molecule has 1 unspecified atom stereocenters. The number of halogens is 1. The SMILES string of the molecule is CCCCCCOC(=O)OCC1O[C@@H](Oc2nn(C(C)C)c(C)c2Cc2ccc(OC)cc2F)[C@H](O)[C@@H](O)[C@@H]1O. The van der Waals surface area contributed by atoms with Crippen LogP contribution >= 0.6 is 0 Å². The van der Waals surface area contributed by atoms with E-state index in [1.807, 2.05) is 20.8 Å². The van der Waals surface area contributed by atoms with Crippen LogP contribution in [0.2, 0.25) is 0 Å². The van der Waals surface area contributed by atoms with Crippen molar-refractivity contribution >= 4 is 6.16 Å². The zero-order valence-corrected chi connectivity index (χ0v) is 23.7. The number of rotatable bonds is 13. The predicted octanol–water partition coefficient (Wildman–Crippen LogP) is 3.43. The van der Waals surface area contributed by atoms with E-state index in [1.54, 1.807) is 16.8 Å². The number of carbonyl (C=O) groups excluding carboxylic acids is 1. The van der Waals surface area contributed by atoms with Gasteiger partial charge in [-0.2, -0.15) is 0 Å². The fraction of sp³-hybridized carbons (Fsp3) is 0.643. The van der Waals surface area contributed by atoms with E-state index < -0.39 is 49.3 Å². The largest absolute Gasteiger partial charge is 0.508 e. The number of unbranched alkanes of at least 4 members (excludes halogenated alkanes) is 3. The summed E-state index contributed by atoms with van der Waals surface area (Å²) in [5.41, 5.74) is 1.64. The number of benzene rings is 1. The Balaban J connectivity index is 1.74. The van der Waals surface area contributed by atoms with Crippen LogP contribution in [0, 0.1) is 12.7 Å². The van der Waals surface area contributed by atoms with Crippen molar-refractivity contribution < 1.29 is 48.2 Å². The minimum atomic E-state index is -1.66. The highest BCUT2D eigenvalue weighted by molar-refractivity contribution is 5.59. The van der Waals surface area contributed by atoms with Crippen LogP contribution in [0.1, 0.15) is 69.3 Å². The van der Waals surface area contributed by atoms with Crippen molar-refractivity contribution in [2.75, 3.05) is 20.3 Å². The number of methoxy groups -OCH3 is 1. The lowest BCUT2D eigenvalue weighted by Gasteiger charge is -2.39. The molecule has 2 heterocycles. The number of carbonyl (C=O) groups is 1. The smallest absolute Gasteiger partial charge is 0.497 e. The summed E-state index contributed by atoms with van der Waals surface area (Å²) in [4.78, 5) is 12.0. The van der Waals surface area contributed by atoms with E-state index in [9.17, 15) is 24.5 Å². The Morgan fingerprint density at radius 2 is 1.88 bits per heavy atom. The molecule has 1 aromatic carbocycles. The van der Waals surface area contributed by atoms with Crippen molar-refractivity contribution in [3.8, 4) is 11.6 Å². The van der Waals surface area contributed by atoms with Crippen molar-refractivity contribution in [2.24, 2.45) is 0 Å². The lowest BCUT2D eigenvalue weighted by atomic mass is 9.99. The minimum absolute atomic E-state index is 0.0597. The summed E-state index contributed by atoms with van der Waals surface area (Å²) in [7, 11) is 1.45. The Labute approximate surface area is 233 Å². The van der Waals surface area contributed by atoms with Gasteiger partial charge in [0.15, 0.2) is 0 Å². The summed E-state index contributed by atoms with van der Waals surface area (Å²) < 4.78 is 43.3. The van der Waals surface area contributed by atoms with Crippen molar-refractivity contribution in [1.82, 2.24) is 9.78 Å². The molecule has 2 aromatic rings. The van der Waals surface area contributed by atoms with Crippen LogP contribution in [-0.4, -0.2) is 82.3 Å². The second-order valence-electron chi connectivity index (χ2n) is 10.1. The molecule has 3 N–H and O–H groups in total. The summed E-state index contributed by atoms with van der Waals surface area (Å²) >= 11 is 0. The van der Waals surface area contributed by atoms with Gasteiger partial charge in [0.1, 0.15) is 42.6 Å². The van der Waals surface area contributed by atoms with Crippen LogP contribution in [0.3, 0.4) is 0 Å². The van der Waals surface area contributed by atoms with Gasteiger partial charge in [-0.15, -0.1) is 5.10 Å². The number of ether oxygens (including phenoxy) is 5. The van der Waals surface area contributed by atoms with E-state index in [-0.39, 0.29) is 24.9 Å². The summed E-state index contributed by atoms with van der Waals surface area (Å²) in [5.74, 6) is -0.0172. The van der Waals surface area contributed by atoms with Gasteiger partial charge in [-0.3, -0.25) is 4.68 Å². The fourth-order valence-corrected chi connectivity index (χ4v) is 4.45. The number of aliphatic hydroxyl groups is 3. The molecule has 3 rings (SSSR count). The van der Waals surface area contributed by atoms with Crippen molar-refractivity contribution in [1.29, 1.82) is 0 Å². The van der Waals surface area contributed by atoms with Crippen molar-refractivity contribution in [2.45, 2.75) is 96.5 Å². The highest BCUT2D eigenvalue weighted by Crippen LogP contribution is 2.31. The molecular weight excluding hydrogens is 527 g/mol. The Morgan fingerprint density at radius 1 is 1.12 bits per heavy atom. The Kier molecular flexibility index (Phi) is 11.6. The Hall–Kier alpha value is -2.93. The van der Waals surface area contributed by atoms with E-state index in [0.29, 0.717) is 29.0 Å². The van der Waals surface area contributed by atoms with Crippen LogP contribution in [0.15, 0.2) is 18.2 Å². The van der Waals surface area contributed by atoms with Gasteiger partial charge in [-0.1, -0.05) is 32.3 Å². The van der Waals surface area contributed by atoms with E-state index in [2.05, 4.69) is 12.0 Å². The van der Waals surface area contributed by atoms with Gasteiger partial charge in [-0.25, -0.2) is 9.18 Å². The van der Waals surface area contributed by atoms with Crippen molar-refractivity contribution in [3.05, 3.63) is 40.8 Å². The van der Waals surface area contributed by atoms with Crippen LogP contribution in [0.25, 0.3) is 0 Å². The van der Waals surface area contributed by atoms with Crippen LogP contribution in [0.5, 0.6) is 11.6 Å². The quantitative estimate of drug-likeness (QED) is 0.243. The maximum absolute atomic E-state index is 14.8. The maximum atomic E-state index is 14.8. The van der Waals surface area contributed by atoms with E-state index in [0.717, 1.165) is 19.3 Å². The molecule has 0 aliphatic carbocycles. The number of aliphatic hydroxyl groups excluding tert-OH is 3. The Morgan fingerprint density at radius 3 is 2.52 bits per heavy atom.